The zero-order chi connectivity index (χ0) is 19.3. The van der Waals surface area contributed by atoms with Crippen molar-refractivity contribution in [3.8, 4) is 0 Å². The van der Waals surface area contributed by atoms with Gasteiger partial charge in [0.15, 0.2) is 5.16 Å². The van der Waals surface area contributed by atoms with Crippen LogP contribution in [0.2, 0.25) is 5.02 Å². The van der Waals surface area contributed by atoms with Crippen molar-refractivity contribution in [1.82, 2.24) is 9.97 Å². The number of nitrogens with one attached hydrogen (secondary N) is 2. The van der Waals surface area contributed by atoms with Crippen molar-refractivity contribution >= 4 is 40.9 Å². The van der Waals surface area contributed by atoms with Crippen LogP contribution in [0.5, 0.6) is 0 Å². The summed E-state index contributed by atoms with van der Waals surface area (Å²) in [7, 11) is 1.26. The van der Waals surface area contributed by atoms with Gasteiger partial charge < -0.3 is 15.0 Å². The molecule has 1 amide bonds. The number of benzene rings is 1. The Morgan fingerprint density at radius 1 is 1.42 bits per heavy atom. The quantitative estimate of drug-likeness (QED) is 0.443. The fourth-order valence-electron chi connectivity index (χ4n) is 2.05. The number of nitrogens with zero attached hydrogens (tertiary/aromatic N) is 1. The molecule has 2 rings (SSSR count). The number of anilines is 1. The first kappa shape index (κ1) is 20.0. The molecule has 0 radical (unpaired) electrons. The van der Waals surface area contributed by atoms with Gasteiger partial charge in [-0.1, -0.05) is 29.4 Å². The maximum Gasteiger partial charge on any atom is 0.311 e. The van der Waals surface area contributed by atoms with Gasteiger partial charge in [0.1, 0.15) is 0 Å². The number of aromatic amines is 1. The molecule has 1 aromatic heterocycles. The Labute approximate surface area is 159 Å². The number of amides is 1. The van der Waals surface area contributed by atoms with Crippen molar-refractivity contribution in [2.45, 2.75) is 30.7 Å². The first-order chi connectivity index (χ1) is 12.3. The molecule has 2 N–H and O–H groups in total. The standard InChI is InChI=1S/C17H18ClN3O4S/c1-9-12(18)5-4-6-13(9)20-16(24)10(2)26-17-19-11(7-14(22)21-17)8-15(23)25-3/h4-7,10H,8H2,1-3H3,(H,20,24)(H,19,21,22)/t10-/m1/s1. The normalized spacial score (nSPS) is 11.7. The Hall–Kier alpha value is -2.32. The molecule has 0 aliphatic carbocycles. The molecule has 0 aliphatic heterocycles. The molecule has 0 aliphatic rings. The van der Waals surface area contributed by atoms with Gasteiger partial charge in [-0.25, -0.2) is 4.98 Å². The van der Waals surface area contributed by atoms with Crippen molar-refractivity contribution in [3.05, 3.63) is 50.9 Å². The van der Waals surface area contributed by atoms with Crippen LogP contribution in [-0.4, -0.2) is 34.2 Å². The molecule has 0 unspecified atom stereocenters. The van der Waals surface area contributed by atoms with Crippen LogP contribution in [0, 0.1) is 6.92 Å². The summed E-state index contributed by atoms with van der Waals surface area (Å²) in [6.07, 6.45) is -0.115. The minimum atomic E-state index is -0.537. The summed E-state index contributed by atoms with van der Waals surface area (Å²) in [4.78, 5) is 42.2. The lowest BCUT2D eigenvalue weighted by atomic mass is 10.2. The van der Waals surface area contributed by atoms with E-state index in [9.17, 15) is 14.4 Å². The minimum Gasteiger partial charge on any atom is -0.469 e. The number of methoxy groups -OCH3 is 1. The fraction of sp³-hybridized carbons (Fsp3) is 0.294. The Balaban J connectivity index is 2.10. The average Bonchev–Trinajstić information content (AvgIpc) is 2.58. The van der Waals surface area contributed by atoms with Gasteiger partial charge in [-0.3, -0.25) is 14.4 Å². The summed E-state index contributed by atoms with van der Waals surface area (Å²) in [6.45, 7) is 3.50. The van der Waals surface area contributed by atoms with Crippen molar-refractivity contribution in [2.75, 3.05) is 12.4 Å². The third-order valence-corrected chi connectivity index (χ3v) is 4.90. The monoisotopic (exact) mass is 395 g/mol. The number of hydrogen-bond donors (Lipinski definition) is 2. The molecule has 138 valence electrons. The van der Waals surface area contributed by atoms with Crippen molar-refractivity contribution in [1.29, 1.82) is 0 Å². The smallest absolute Gasteiger partial charge is 0.311 e. The van der Waals surface area contributed by atoms with Gasteiger partial charge >= 0.3 is 5.97 Å². The minimum absolute atomic E-state index is 0.115. The van der Waals surface area contributed by atoms with E-state index in [1.54, 1.807) is 25.1 Å². The highest BCUT2D eigenvalue weighted by Gasteiger charge is 2.18. The highest BCUT2D eigenvalue weighted by molar-refractivity contribution is 8.00. The summed E-state index contributed by atoms with van der Waals surface area (Å²) >= 11 is 7.13. The van der Waals surface area contributed by atoms with E-state index in [-0.39, 0.29) is 23.2 Å². The van der Waals surface area contributed by atoms with Crippen LogP contribution in [-0.2, 0) is 20.7 Å². The molecule has 1 heterocycles. The van der Waals surface area contributed by atoms with Crippen LogP contribution in [0.3, 0.4) is 0 Å². The van der Waals surface area contributed by atoms with E-state index in [4.69, 9.17) is 11.6 Å². The summed E-state index contributed by atoms with van der Waals surface area (Å²) in [6, 6.07) is 6.47. The SMILES string of the molecule is COC(=O)Cc1cc(=O)[nH]c(S[C@H](C)C(=O)Nc2cccc(Cl)c2C)n1. The van der Waals surface area contributed by atoms with Gasteiger partial charge in [0.05, 0.1) is 24.5 Å². The maximum absolute atomic E-state index is 12.4. The maximum atomic E-state index is 12.4. The van der Waals surface area contributed by atoms with Crippen LogP contribution < -0.4 is 10.9 Å². The number of hydrogen-bond acceptors (Lipinski definition) is 6. The Bertz CT molecular complexity index is 885. The number of H-pyrrole nitrogens is 1. The lowest BCUT2D eigenvalue weighted by molar-refractivity contribution is -0.139. The van der Waals surface area contributed by atoms with E-state index in [1.165, 1.54) is 13.2 Å². The summed E-state index contributed by atoms with van der Waals surface area (Å²) < 4.78 is 4.57. The number of ether oxygens (including phenoxy) is 1. The molecule has 1 atom stereocenters. The van der Waals surface area contributed by atoms with Crippen molar-refractivity contribution < 1.29 is 14.3 Å². The van der Waals surface area contributed by atoms with Gasteiger partial charge in [-0.15, -0.1) is 0 Å². The van der Waals surface area contributed by atoms with Crippen molar-refractivity contribution in [3.63, 3.8) is 0 Å². The molecule has 0 fully saturated rings. The van der Waals surface area contributed by atoms with E-state index in [0.29, 0.717) is 10.7 Å². The highest BCUT2D eigenvalue weighted by atomic mass is 35.5. The van der Waals surface area contributed by atoms with E-state index in [2.05, 4.69) is 20.0 Å². The number of halogens is 1. The topological polar surface area (TPSA) is 101 Å². The lowest BCUT2D eigenvalue weighted by Crippen LogP contribution is -2.24. The second-order valence-corrected chi connectivity index (χ2v) is 7.19. The van der Waals surface area contributed by atoms with Crippen LogP contribution in [0.15, 0.2) is 34.2 Å². The summed E-state index contributed by atoms with van der Waals surface area (Å²) in [5, 5.41) is 3.08. The Morgan fingerprint density at radius 3 is 2.85 bits per heavy atom. The molecule has 26 heavy (non-hydrogen) atoms. The Kier molecular flexibility index (Phi) is 6.82. The third-order valence-electron chi connectivity index (χ3n) is 3.51. The van der Waals surface area contributed by atoms with Crippen LogP contribution >= 0.6 is 23.4 Å². The Morgan fingerprint density at radius 2 is 2.15 bits per heavy atom. The molecule has 7 nitrogen and oxygen atoms in total. The van der Waals surface area contributed by atoms with Crippen LogP contribution in [0.1, 0.15) is 18.2 Å². The number of thioether (sulfide) groups is 1. The van der Waals surface area contributed by atoms with E-state index >= 15 is 0 Å². The molecule has 0 bridgehead atoms. The molecular weight excluding hydrogens is 378 g/mol. The fourth-order valence-corrected chi connectivity index (χ4v) is 3.05. The molecule has 0 saturated carbocycles. The van der Waals surface area contributed by atoms with Gasteiger partial charge in [0, 0.05) is 16.8 Å². The van der Waals surface area contributed by atoms with Crippen molar-refractivity contribution in [2.24, 2.45) is 0 Å². The molecule has 2 aromatic rings. The molecule has 0 saturated heterocycles. The highest BCUT2D eigenvalue weighted by Crippen LogP contribution is 2.25. The predicted octanol–water partition coefficient (Wildman–Crippen LogP) is 2.57. The molecule has 9 heteroatoms. The summed E-state index contributed by atoms with van der Waals surface area (Å²) in [5.41, 5.74) is 1.27. The predicted molar refractivity (Wildman–Crippen MR) is 101 cm³/mol. The first-order valence-electron chi connectivity index (χ1n) is 7.70. The number of esters is 1. The van der Waals surface area contributed by atoms with Gasteiger partial charge in [-0.2, -0.15) is 0 Å². The zero-order valence-corrected chi connectivity index (χ0v) is 16.0. The zero-order valence-electron chi connectivity index (χ0n) is 14.5. The second kappa shape index (κ2) is 8.86. The largest absolute Gasteiger partial charge is 0.469 e. The van der Waals surface area contributed by atoms with Crippen LogP contribution in [0.25, 0.3) is 0 Å². The molecular formula is C17H18ClN3O4S. The number of rotatable bonds is 6. The van der Waals surface area contributed by atoms with E-state index < -0.39 is 16.8 Å². The van der Waals surface area contributed by atoms with E-state index in [0.717, 1.165) is 17.3 Å². The van der Waals surface area contributed by atoms with Gasteiger partial charge in [0.2, 0.25) is 5.91 Å². The number of aromatic nitrogens is 2. The van der Waals surface area contributed by atoms with Crippen LogP contribution in [0.4, 0.5) is 5.69 Å². The number of carbonyl (C=O) groups is 2. The molecule has 0 spiro atoms. The first-order valence-corrected chi connectivity index (χ1v) is 8.95. The average molecular weight is 396 g/mol. The number of carbonyl (C=O) groups excluding carboxylic acids is 2. The third kappa shape index (κ3) is 5.34. The lowest BCUT2D eigenvalue weighted by Gasteiger charge is -2.14. The van der Waals surface area contributed by atoms with E-state index in [1.807, 2.05) is 6.92 Å². The van der Waals surface area contributed by atoms with Gasteiger partial charge in [-0.05, 0) is 31.5 Å². The van der Waals surface area contributed by atoms with Gasteiger partial charge in [0.25, 0.3) is 5.56 Å². The summed E-state index contributed by atoms with van der Waals surface area (Å²) in [5.74, 6) is -0.761. The second-order valence-electron chi connectivity index (χ2n) is 5.46. The molecule has 1 aromatic carbocycles.